The first-order valence-electron chi connectivity index (χ1n) is 9.70. The number of ketones is 1. The highest BCUT2D eigenvalue weighted by molar-refractivity contribution is 6.01. The maximum absolute atomic E-state index is 12.7. The Hall–Kier alpha value is -3.71. The van der Waals surface area contributed by atoms with Gasteiger partial charge in [0, 0.05) is 11.1 Å². The van der Waals surface area contributed by atoms with Crippen molar-refractivity contribution in [3.8, 4) is 17.2 Å². The first-order valence-corrected chi connectivity index (χ1v) is 9.70. The number of nitrogens with zero attached hydrogens (tertiary/aromatic N) is 1. The van der Waals surface area contributed by atoms with Crippen LogP contribution in [0.2, 0.25) is 0 Å². The Kier molecular flexibility index (Phi) is 6.13. The average Bonchev–Trinajstić information content (AvgIpc) is 2.76. The maximum atomic E-state index is 12.7. The summed E-state index contributed by atoms with van der Waals surface area (Å²) in [5, 5.41) is 9.37. The first-order chi connectivity index (χ1) is 14.3. The molecule has 0 saturated carbocycles. The van der Waals surface area contributed by atoms with Crippen molar-refractivity contribution < 1.29 is 14.3 Å². The van der Waals surface area contributed by atoms with E-state index in [4.69, 9.17) is 4.74 Å². The molecule has 0 unspecified atom stereocenters. The van der Waals surface area contributed by atoms with Crippen molar-refractivity contribution in [3.05, 3.63) is 95.1 Å². The normalized spacial score (nSPS) is 10.9. The number of rotatable bonds is 5. The van der Waals surface area contributed by atoms with Gasteiger partial charge in [0.15, 0.2) is 12.4 Å². The predicted molar refractivity (Wildman–Crippen MR) is 116 cm³/mol. The van der Waals surface area contributed by atoms with E-state index in [-0.39, 0.29) is 17.8 Å². The Bertz CT molecular complexity index is 1120. The van der Waals surface area contributed by atoms with Crippen molar-refractivity contribution in [2.75, 3.05) is 6.61 Å². The van der Waals surface area contributed by atoms with E-state index >= 15 is 0 Å². The molecule has 150 valence electrons. The summed E-state index contributed by atoms with van der Waals surface area (Å²) in [5.74, 6) is -0.864. The van der Waals surface area contributed by atoms with Crippen LogP contribution < -0.4 is 0 Å². The quantitative estimate of drug-likeness (QED) is 0.417. The molecule has 0 N–H and O–H groups in total. The van der Waals surface area contributed by atoms with Crippen molar-refractivity contribution in [3.63, 3.8) is 0 Å². The molecule has 0 aliphatic carbocycles. The number of carbonyl (C=O) groups excluding carboxylic acids is 2. The minimum atomic E-state index is -0.599. The van der Waals surface area contributed by atoms with Gasteiger partial charge >= 0.3 is 5.97 Å². The van der Waals surface area contributed by atoms with Crippen LogP contribution in [0.15, 0.2) is 72.8 Å². The second kappa shape index (κ2) is 8.75. The van der Waals surface area contributed by atoms with Gasteiger partial charge in [-0.15, -0.1) is 0 Å². The van der Waals surface area contributed by atoms with Crippen molar-refractivity contribution in [2.24, 2.45) is 0 Å². The van der Waals surface area contributed by atoms with Gasteiger partial charge < -0.3 is 4.74 Å². The highest BCUT2D eigenvalue weighted by Gasteiger charge is 2.18. The van der Waals surface area contributed by atoms with Crippen molar-refractivity contribution in [2.45, 2.75) is 26.2 Å². The summed E-state index contributed by atoms with van der Waals surface area (Å²) in [6.07, 6.45) is 0. The van der Waals surface area contributed by atoms with Gasteiger partial charge in [-0.1, -0.05) is 81.4 Å². The Morgan fingerprint density at radius 3 is 2.10 bits per heavy atom. The summed E-state index contributed by atoms with van der Waals surface area (Å²) < 4.78 is 5.31. The second-order valence-electron chi connectivity index (χ2n) is 8.03. The van der Waals surface area contributed by atoms with E-state index in [0.29, 0.717) is 27.8 Å². The minimum Gasteiger partial charge on any atom is -0.454 e. The fourth-order valence-corrected chi connectivity index (χ4v) is 3.16. The van der Waals surface area contributed by atoms with Crippen LogP contribution in [0.4, 0.5) is 0 Å². The standard InChI is InChI=1S/C26H23NO3/c1-26(2,3)20-14-12-18(13-15-20)24(28)17-30-25(29)23-11-7-6-10-22(23)21-9-5-4-8-19(21)16-27/h4-15H,17H2,1-3H3. The Balaban J connectivity index is 1.76. The number of ether oxygens (including phenoxy) is 1. The van der Waals surface area contributed by atoms with Crippen molar-refractivity contribution >= 4 is 11.8 Å². The highest BCUT2D eigenvalue weighted by atomic mass is 16.5. The molecule has 0 bridgehead atoms. The maximum Gasteiger partial charge on any atom is 0.339 e. The third-order valence-electron chi connectivity index (χ3n) is 4.89. The zero-order valence-corrected chi connectivity index (χ0v) is 17.3. The first kappa shape index (κ1) is 21.0. The number of esters is 1. The van der Waals surface area contributed by atoms with Gasteiger partial charge in [0.2, 0.25) is 0 Å². The zero-order chi connectivity index (χ0) is 21.7. The Morgan fingerprint density at radius 2 is 1.47 bits per heavy atom. The molecule has 3 aromatic rings. The lowest BCUT2D eigenvalue weighted by atomic mass is 9.86. The van der Waals surface area contributed by atoms with Crippen LogP contribution in [0.25, 0.3) is 11.1 Å². The van der Waals surface area contributed by atoms with Crippen LogP contribution in [-0.2, 0) is 10.2 Å². The van der Waals surface area contributed by atoms with Crippen molar-refractivity contribution in [1.29, 1.82) is 5.26 Å². The van der Waals surface area contributed by atoms with Crippen LogP contribution in [-0.4, -0.2) is 18.4 Å². The molecule has 0 fully saturated rings. The summed E-state index contributed by atoms with van der Waals surface area (Å²) in [6, 6.07) is 23.5. The number of hydrogen-bond donors (Lipinski definition) is 0. The lowest BCUT2D eigenvalue weighted by Crippen LogP contribution is -2.16. The van der Waals surface area contributed by atoms with Crippen LogP contribution >= 0.6 is 0 Å². The van der Waals surface area contributed by atoms with Crippen LogP contribution in [0.3, 0.4) is 0 Å². The SMILES string of the molecule is CC(C)(C)c1ccc(C(=O)COC(=O)c2ccccc2-c2ccccc2C#N)cc1. The summed E-state index contributed by atoms with van der Waals surface area (Å²) >= 11 is 0. The van der Waals surface area contributed by atoms with E-state index in [1.165, 1.54) is 0 Å². The fourth-order valence-electron chi connectivity index (χ4n) is 3.16. The molecule has 3 rings (SSSR count). The van der Waals surface area contributed by atoms with Gasteiger partial charge in [0.25, 0.3) is 0 Å². The van der Waals surface area contributed by atoms with Crippen LogP contribution in [0.5, 0.6) is 0 Å². The molecule has 0 saturated heterocycles. The largest absolute Gasteiger partial charge is 0.454 e. The molecule has 0 atom stereocenters. The molecule has 0 heterocycles. The van der Waals surface area contributed by atoms with E-state index in [2.05, 4.69) is 26.8 Å². The third-order valence-corrected chi connectivity index (χ3v) is 4.89. The lowest BCUT2D eigenvalue weighted by molar-refractivity contribution is 0.0475. The fraction of sp³-hybridized carbons (Fsp3) is 0.192. The number of benzene rings is 3. The molecular formula is C26H23NO3. The zero-order valence-electron chi connectivity index (χ0n) is 17.3. The molecule has 4 heteroatoms. The van der Waals surface area contributed by atoms with Crippen LogP contribution in [0, 0.1) is 11.3 Å². The van der Waals surface area contributed by atoms with Gasteiger partial charge in [-0.3, -0.25) is 4.79 Å². The molecule has 30 heavy (non-hydrogen) atoms. The lowest BCUT2D eigenvalue weighted by Gasteiger charge is -2.19. The predicted octanol–water partition coefficient (Wildman–Crippen LogP) is 5.56. The minimum absolute atomic E-state index is 0.00251. The molecular weight excluding hydrogens is 374 g/mol. The summed E-state index contributed by atoms with van der Waals surface area (Å²) in [7, 11) is 0. The smallest absolute Gasteiger partial charge is 0.339 e. The van der Waals surface area contributed by atoms with Gasteiger partial charge in [-0.05, 0) is 28.7 Å². The van der Waals surface area contributed by atoms with Gasteiger partial charge in [0.05, 0.1) is 17.2 Å². The molecule has 0 amide bonds. The Morgan fingerprint density at radius 1 is 0.867 bits per heavy atom. The van der Waals surface area contributed by atoms with Gasteiger partial charge in [-0.2, -0.15) is 5.26 Å². The molecule has 3 aromatic carbocycles. The second-order valence-corrected chi connectivity index (χ2v) is 8.03. The monoisotopic (exact) mass is 397 g/mol. The molecule has 0 radical (unpaired) electrons. The number of hydrogen-bond acceptors (Lipinski definition) is 4. The van der Waals surface area contributed by atoms with E-state index in [1.54, 1.807) is 54.6 Å². The molecule has 4 nitrogen and oxygen atoms in total. The Labute approximate surface area is 176 Å². The van der Waals surface area contributed by atoms with E-state index in [0.717, 1.165) is 5.56 Å². The number of Topliss-reactive ketones (excluding diaryl/α,β-unsaturated/α-hetero) is 1. The summed E-state index contributed by atoms with van der Waals surface area (Å²) in [4.78, 5) is 25.2. The highest BCUT2D eigenvalue weighted by Crippen LogP contribution is 2.27. The summed E-state index contributed by atoms with van der Waals surface area (Å²) in [6.45, 7) is 5.97. The molecule has 0 spiro atoms. The van der Waals surface area contributed by atoms with Gasteiger partial charge in [-0.25, -0.2) is 4.79 Å². The van der Waals surface area contributed by atoms with E-state index in [1.807, 2.05) is 18.2 Å². The number of nitriles is 1. The van der Waals surface area contributed by atoms with E-state index < -0.39 is 5.97 Å². The van der Waals surface area contributed by atoms with Crippen molar-refractivity contribution in [1.82, 2.24) is 0 Å². The van der Waals surface area contributed by atoms with Gasteiger partial charge in [0.1, 0.15) is 0 Å². The van der Waals surface area contributed by atoms with Crippen LogP contribution in [0.1, 0.15) is 52.6 Å². The average molecular weight is 397 g/mol. The molecule has 0 aromatic heterocycles. The third kappa shape index (κ3) is 4.64. The van der Waals surface area contributed by atoms with E-state index in [9.17, 15) is 14.9 Å². The molecule has 0 aliphatic rings. The number of carbonyl (C=O) groups is 2. The summed E-state index contributed by atoms with van der Waals surface area (Å²) in [5.41, 5.74) is 3.65. The molecule has 0 aliphatic heterocycles. The topological polar surface area (TPSA) is 67.2 Å².